The molecular formula is C23H18N2O. The second kappa shape index (κ2) is 7.19. The second-order valence-electron chi connectivity index (χ2n) is 6.11. The van der Waals surface area contributed by atoms with Crippen LogP contribution in [-0.2, 0) is 6.54 Å². The maximum Gasteiger partial charge on any atom is 0.261 e. The van der Waals surface area contributed by atoms with Crippen molar-refractivity contribution in [1.29, 1.82) is 0 Å². The molecule has 0 unspecified atom stereocenters. The maximum absolute atomic E-state index is 13.1. The third-order valence-corrected chi connectivity index (χ3v) is 4.30. The summed E-state index contributed by atoms with van der Waals surface area (Å²) in [5.74, 6) is 0.654. The molecule has 0 radical (unpaired) electrons. The van der Waals surface area contributed by atoms with E-state index in [0.717, 1.165) is 16.6 Å². The van der Waals surface area contributed by atoms with Gasteiger partial charge in [-0.1, -0.05) is 78.9 Å². The smallest absolute Gasteiger partial charge is 0.261 e. The Bertz CT molecular complexity index is 1110. The first-order valence-electron chi connectivity index (χ1n) is 8.58. The second-order valence-corrected chi connectivity index (χ2v) is 6.11. The summed E-state index contributed by atoms with van der Waals surface area (Å²) in [5, 5.41) is 0.639. The summed E-state index contributed by atoms with van der Waals surface area (Å²) in [5.41, 5.74) is 2.84. The zero-order valence-corrected chi connectivity index (χ0v) is 14.2. The van der Waals surface area contributed by atoms with Gasteiger partial charge in [-0.2, -0.15) is 0 Å². The molecule has 0 spiro atoms. The van der Waals surface area contributed by atoms with Gasteiger partial charge < -0.3 is 0 Å². The fourth-order valence-corrected chi connectivity index (χ4v) is 2.97. The van der Waals surface area contributed by atoms with Crippen LogP contribution < -0.4 is 5.56 Å². The van der Waals surface area contributed by atoms with Crippen LogP contribution in [0.2, 0.25) is 0 Å². The van der Waals surface area contributed by atoms with E-state index in [-0.39, 0.29) is 5.56 Å². The normalized spacial score (nSPS) is 11.2. The lowest BCUT2D eigenvalue weighted by Gasteiger charge is -2.11. The summed E-state index contributed by atoms with van der Waals surface area (Å²) in [6, 6.07) is 27.5. The van der Waals surface area contributed by atoms with Gasteiger partial charge >= 0.3 is 0 Å². The molecule has 0 amide bonds. The molecule has 126 valence electrons. The van der Waals surface area contributed by atoms with Gasteiger partial charge in [-0.15, -0.1) is 0 Å². The van der Waals surface area contributed by atoms with Crippen molar-refractivity contribution in [2.75, 3.05) is 0 Å². The van der Waals surface area contributed by atoms with Gasteiger partial charge in [0.05, 0.1) is 17.4 Å². The number of hydrogen-bond donors (Lipinski definition) is 0. The Hall–Kier alpha value is -3.46. The van der Waals surface area contributed by atoms with E-state index in [4.69, 9.17) is 4.98 Å². The topological polar surface area (TPSA) is 34.9 Å². The van der Waals surface area contributed by atoms with E-state index < -0.39 is 0 Å². The zero-order valence-electron chi connectivity index (χ0n) is 14.2. The van der Waals surface area contributed by atoms with E-state index in [2.05, 4.69) is 0 Å². The number of para-hydroxylation sites is 1. The molecule has 0 saturated heterocycles. The minimum atomic E-state index is -0.0211. The highest BCUT2D eigenvalue weighted by atomic mass is 16.1. The predicted molar refractivity (Wildman–Crippen MR) is 107 cm³/mol. The first-order valence-corrected chi connectivity index (χ1v) is 8.58. The minimum absolute atomic E-state index is 0.0211. The molecule has 0 saturated carbocycles. The molecule has 0 fully saturated rings. The Balaban J connectivity index is 1.85. The number of hydrogen-bond acceptors (Lipinski definition) is 2. The van der Waals surface area contributed by atoms with Crippen LogP contribution in [0.1, 0.15) is 17.0 Å². The monoisotopic (exact) mass is 338 g/mol. The lowest BCUT2D eigenvalue weighted by molar-refractivity contribution is 0.738. The largest absolute Gasteiger partial charge is 0.288 e. The quantitative estimate of drug-likeness (QED) is 0.544. The van der Waals surface area contributed by atoms with E-state index in [0.29, 0.717) is 17.8 Å². The van der Waals surface area contributed by atoms with Gasteiger partial charge in [0.25, 0.3) is 5.56 Å². The number of fused-ring (bicyclic) bond motifs is 1. The SMILES string of the molecule is O=c1c2ccccc2nc(/C=C/c2ccccc2)n1Cc1ccccc1. The summed E-state index contributed by atoms with van der Waals surface area (Å²) >= 11 is 0. The van der Waals surface area contributed by atoms with E-state index in [1.165, 1.54) is 0 Å². The van der Waals surface area contributed by atoms with Crippen molar-refractivity contribution < 1.29 is 0 Å². The molecule has 3 heteroatoms. The third-order valence-electron chi connectivity index (χ3n) is 4.30. The van der Waals surface area contributed by atoms with Gasteiger partial charge in [0, 0.05) is 0 Å². The van der Waals surface area contributed by atoms with Gasteiger partial charge in [0.1, 0.15) is 5.82 Å². The van der Waals surface area contributed by atoms with Crippen LogP contribution in [0.15, 0.2) is 89.7 Å². The van der Waals surface area contributed by atoms with Crippen LogP contribution in [-0.4, -0.2) is 9.55 Å². The lowest BCUT2D eigenvalue weighted by Crippen LogP contribution is -2.24. The molecule has 0 aliphatic carbocycles. The van der Waals surface area contributed by atoms with Crippen molar-refractivity contribution in [3.8, 4) is 0 Å². The average molecular weight is 338 g/mol. The number of benzene rings is 3. The highest BCUT2D eigenvalue weighted by Gasteiger charge is 2.09. The van der Waals surface area contributed by atoms with Crippen molar-refractivity contribution in [3.05, 3.63) is 112 Å². The van der Waals surface area contributed by atoms with Crippen molar-refractivity contribution in [3.63, 3.8) is 0 Å². The molecule has 1 aromatic heterocycles. The standard InChI is InChI=1S/C23H18N2O/c26-23-20-13-7-8-14-21(20)24-22(16-15-18-9-3-1-4-10-18)25(23)17-19-11-5-2-6-12-19/h1-16H,17H2/b16-15+. The average Bonchev–Trinajstić information content (AvgIpc) is 2.70. The van der Waals surface area contributed by atoms with Gasteiger partial charge in [-0.25, -0.2) is 4.98 Å². The molecule has 1 heterocycles. The molecule has 3 nitrogen and oxygen atoms in total. The molecule has 0 atom stereocenters. The van der Waals surface area contributed by atoms with Gasteiger partial charge in [-0.05, 0) is 29.3 Å². The van der Waals surface area contributed by atoms with Gasteiger partial charge in [-0.3, -0.25) is 9.36 Å². The van der Waals surface area contributed by atoms with Crippen molar-refractivity contribution in [2.45, 2.75) is 6.54 Å². The lowest BCUT2D eigenvalue weighted by atomic mass is 10.2. The van der Waals surface area contributed by atoms with Gasteiger partial charge in [0.2, 0.25) is 0 Å². The summed E-state index contributed by atoms with van der Waals surface area (Å²) in [6.07, 6.45) is 3.89. The highest BCUT2D eigenvalue weighted by Crippen LogP contribution is 2.13. The van der Waals surface area contributed by atoms with Crippen molar-refractivity contribution in [2.24, 2.45) is 0 Å². The van der Waals surface area contributed by atoms with E-state index in [9.17, 15) is 4.79 Å². The summed E-state index contributed by atoms with van der Waals surface area (Å²) in [6.45, 7) is 0.492. The van der Waals surface area contributed by atoms with Crippen LogP contribution in [0.4, 0.5) is 0 Å². The molecule has 26 heavy (non-hydrogen) atoms. The Morgan fingerprint density at radius 1 is 0.769 bits per heavy atom. The first-order chi connectivity index (χ1) is 12.8. The summed E-state index contributed by atoms with van der Waals surface area (Å²) in [7, 11) is 0. The van der Waals surface area contributed by atoms with Crippen LogP contribution in [0.3, 0.4) is 0 Å². The summed E-state index contributed by atoms with van der Waals surface area (Å²) < 4.78 is 1.73. The Morgan fingerprint density at radius 2 is 1.42 bits per heavy atom. The maximum atomic E-state index is 13.1. The summed E-state index contributed by atoms with van der Waals surface area (Å²) in [4.78, 5) is 17.8. The molecule has 3 aromatic carbocycles. The fraction of sp³-hybridized carbons (Fsp3) is 0.0435. The van der Waals surface area contributed by atoms with Crippen LogP contribution in [0.25, 0.3) is 23.1 Å². The first kappa shape index (κ1) is 16.0. The van der Waals surface area contributed by atoms with E-state index in [1.807, 2.05) is 97.1 Å². The van der Waals surface area contributed by atoms with Gasteiger partial charge in [0.15, 0.2) is 0 Å². The predicted octanol–water partition coefficient (Wildman–Crippen LogP) is 4.62. The van der Waals surface area contributed by atoms with Crippen molar-refractivity contribution >= 4 is 23.1 Å². The Labute approximate surface area is 151 Å². The van der Waals surface area contributed by atoms with E-state index >= 15 is 0 Å². The molecule has 0 aliphatic heterocycles. The molecule has 0 aliphatic rings. The minimum Gasteiger partial charge on any atom is -0.288 e. The zero-order chi connectivity index (χ0) is 17.8. The highest BCUT2D eigenvalue weighted by molar-refractivity contribution is 5.79. The number of nitrogens with zero attached hydrogens (tertiary/aromatic N) is 2. The van der Waals surface area contributed by atoms with Crippen LogP contribution in [0.5, 0.6) is 0 Å². The number of aromatic nitrogens is 2. The molecule has 4 aromatic rings. The molecule has 0 N–H and O–H groups in total. The third kappa shape index (κ3) is 3.33. The molecule has 0 bridgehead atoms. The van der Waals surface area contributed by atoms with Crippen molar-refractivity contribution in [1.82, 2.24) is 9.55 Å². The molecular weight excluding hydrogens is 320 g/mol. The van der Waals surface area contributed by atoms with Crippen LogP contribution >= 0.6 is 0 Å². The number of rotatable bonds is 4. The fourth-order valence-electron chi connectivity index (χ4n) is 2.97. The Kier molecular flexibility index (Phi) is 4.44. The molecule has 4 rings (SSSR count). The Morgan fingerprint density at radius 3 is 2.19 bits per heavy atom. The van der Waals surface area contributed by atoms with Crippen LogP contribution in [0, 0.1) is 0 Å². The van der Waals surface area contributed by atoms with E-state index in [1.54, 1.807) is 4.57 Å².